The molecule has 0 aliphatic heterocycles. The molecule has 0 radical (unpaired) electrons. The fourth-order valence-electron chi connectivity index (χ4n) is 2.55. The normalized spacial score (nSPS) is 10.2. The minimum absolute atomic E-state index is 0.0219. The van der Waals surface area contributed by atoms with Crippen LogP contribution in [0.5, 0.6) is 11.5 Å². The Kier molecular flexibility index (Phi) is 8.78. The Labute approximate surface area is 170 Å². The average Bonchev–Trinajstić information content (AvgIpc) is 2.69. The minimum atomic E-state index is -0.247. The van der Waals surface area contributed by atoms with Gasteiger partial charge in [-0.05, 0) is 44.2 Å². The van der Waals surface area contributed by atoms with Crippen LogP contribution in [0.15, 0.2) is 42.5 Å². The summed E-state index contributed by atoms with van der Waals surface area (Å²) < 4.78 is 15.9. The van der Waals surface area contributed by atoms with E-state index in [9.17, 15) is 9.59 Å². The number of methoxy groups -OCH3 is 1. The predicted molar refractivity (Wildman–Crippen MR) is 113 cm³/mol. The van der Waals surface area contributed by atoms with Crippen molar-refractivity contribution in [2.24, 2.45) is 0 Å². The first-order valence-electron chi connectivity index (χ1n) is 9.38. The van der Waals surface area contributed by atoms with Crippen molar-refractivity contribution >= 4 is 28.9 Å². The Balaban J connectivity index is 1.93. The van der Waals surface area contributed by atoms with E-state index in [2.05, 4.69) is 16.0 Å². The van der Waals surface area contributed by atoms with Crippen molar-refractivity contribution in [3.05, 3.63) is 42.5 Å². The van der Waals surface area contributed by atoms with Gasteiger partial charge in [-0.2, -0.15) is 0 Å². The molecule has 0 saturated heterocycles. The zero-order chi connectivity index (χ0) is 21.1. The monoisotopic (exact) mass is 401 g/mol. The van der Waals surface area contributed by atoms with Gasteiger partial charge >= 0.3 is 0 Å². The second kappa shape index (κ2) is 11.6. The molecule has 2 amide bonds. The summed E-state index contributed by atoms with van der Waals surface area (Å²) in [6.07, 6.45) is 0. The third-order valence-corrected chi connectivity index (χ3v) is 3.70. The van der Waals surface area contributed by atoms with Gasteiger partial charge in [0.15, 0.2) is 11.5 Å². The van der Waals surface area contributed by atoms with E-state index in [0.717, 1.165) is 0 Å². The first-order chi connectivity index (χ1) is 14.0. The van der Waals surface area contributed by atoms with Crippen molar-refractivity contribution in [1.29, 1.82) is 0 Å². The van der Waals surface area contributed by atoms with Crippen LogP contribution in [0.3, 0.4) is 0 Å². The number of carbonyl (C=O) groups excluding carboxylic acids is 2. The Morgan fingerprint density at radius 1 is 0.828 bits per heavy atom. The van der Waals surface area contributed by atoms with Gasteiger partial charge in [0.25, 0.3) is 0 Å². The summed E-state index contributed by atoms with van der Waals surface area (Å²) in [4.78, 5) is 23.9. The molecule has 0 bridgehead atoms. The van der Waals surface area contributed by atoms with E-state index in [0.29, 0.717) is 41.8 Å². The molecule has 29 heavy (non-hydrogen) atoms. The second-order valence-corrected chi connectivity index (χ2v) is 5.99. The SMILES string of the molecule is CCOc1ccc(NC(=O)CNc2cccc(NC(=O)COC)c2)cc1OCC. The Morgan fingerprint density at radius 2 is 1.48 bits per heavy atom. The van der Waals surface area contributed by atoms with Crippen LogP contribution in [-0.4, -0.2) is 45.3 Å². The number of ether oxygens (including phenoxy) is 3. The molecular weight excluding hydrogens is 374 g/mol. The van der Waals surface area contributed by atoms with Crippen LogP contribution >= 0.6 is 0 Å². The molecule has 2 rings (SSSR count). The molecule has 0 aromatic heterocycles. The predicted octanol–water partition coefficient (Wildman–Crippen LogP) is 3.12. The highest BCUT2D eigenvalue weighted by atomic mass is 16.5. The van der Waals surface area contributed by atoms with Gasteiger partial charge in [-0.15, -0.1) is 0 Å². The van der Waals surface area contributed by atoms with Gasteiger partial charge in [-0.25, -0.2) is 0 Å². The third kappa shape index (κ3) is 7.34. The number of carbonyl (C=O) groups is 2. The van der Waals surface area contributed by atoms with Crippen molar-refractivity contribution < 1.29 is 23.8 Å². The van der Waals surface area contributed by atoms with Crippen LogP contribution in [-0.2, 0) is 14.3 Å². The zero-order valence-electron chi connectivity index (χ0n) is 16.9. The summed E-state index contributed by atoms with van der Waals surface area (Å²) >= 11 is 0. The first-order valence-corrected chi connectivity index (χ1v) is 9.38. The van der Waals surface area contributed by atoms with E-state index < -0.39 is 0 Å². The lowest BCUT2D eigenvalue weighted by Gasteiger charge is -2.13. The lowest BCUT2D eigenvalue weighted by atomic mass is 10.2. The van der Waals surface area contributed by atoms with Gasteiger partial charge in [0, 0.05) is 30.2 Å². The van der Waals surface area contributed by atoms with E-state index in [1.54, 1.807) is 36.4 Å². The van der Waals surface area contributed by atoms with Crippen LogP contribution in [0.1, 0.15) is 13.8 Å². The molecule has 0 aliphatic rings. The topological polar surface area (TPSA) is 97.9 Å². The molecule has 0 saturated carbocycles. The maximum Gasteiger partial charge on any atom is 0.250 e. The minimum Gasteiger partial charge on any atom is -0.490 e. The lowest BCUT2D eigenvalue weighted by Crippen LogP contribution is -2.22. The number of amides is 2. The summed E-state index contributed by atoms with van der Waals surface area (Å²) in [5.74, 6) is 0.755. The molecule has 0 unspecified atom stereocenters. The van der Waals surface area contributed by atoms with Crippen LogP contribution in [0, 0.1) is 0 Å². The molecule has 0 spiro atoms. The number of anilines is 3. The fourth-order valence-corrected chi connectivity index (χ4v) is 2.55. The van der Waals surface area contributed by atoms with Crippen LogP contribution in [0.4, 0.5) is 17.1 Å². The van der Waals surface area contributed by atoms with Crippen molar-refractivity contribution in [3.63, 3.8) is 0 Å². The van der Waals surface area contributed by atoms with E-state index >= 15 is 0 Å². The van der Waals surface area contributed by atoms with Crippen LogP contribution in [0.25, 0.3) is 0 Å². The maximum atomic E-state index is 12.3. The summed E-state index contributed by atoms with van der Waals surface area (Å²) in [5.41, 5.74) is 1.94. The van der Waals surface area contributed by atoms with E-state index in [1.807, 2.05) is 19.9 Å². The third-order valence-electron chi connectivity index (χ3n) is 3.70. The van der Waals surface area contributed by atoms with Crippen LogP contribution in [0.2, 0.25) is 0 Å². The van der Waals surface area contributed by atoms with Gasteiger partial charge in [0.05, 0.1) is 19.8 Å². The molecule has 0 atom stereocenters. The van der Waals surface area contributed by atoms with Gasteiger partial charge in [0.1, 0.15) is 6.61 Å². The smallest absolute Gasteiger partial charge is 0.250 e. The van der Waals surface area contributed by atoms with Crippen LogP contribution < -0.4 is 25.4 Å². The zero-order valence-corrected chi connectivity index (χ0v) is 16.9. The summed E-state index contributed by atoms with van der Waals surface area (Å²) in [6.45, 7) is 4.85. The second-order valence-electron chi connectivity index (χ2n) is 5.99. The highest BCUT2D eigenvalue weighted by molar-refractivity contribution is 5.94. The summed E-state index contributed by atoms with van der Waals surface area (Å²) in [7, 11) is 1.46. The highest BCUT2D eigenvalue weighted by Crippen LogP contribution is 2.30. The maximum absolute atomic E-state index is 12.3. The van der Waals surface area contributed by atoms with Gasteiger partial charge in [0.2, 0.25) is 11.8 Å². The average molecular weight is 401 g/mol. The Hall–Kier alpha value is -3.26. The largest absolute Gasteiger partial charge is 0.490 e. The van der Waals surface area contributed by atoms with Crippen molar-refractivity contribution in [3.8, 4) is 11.5 Å². The number of benzene rings is 2. The summed E-state index contributed by atoms with van der Waals surface area (Å²) in [5, 5.41) is 8.57. The van der Waals surface area contributed by atoms with Gasteiger partial charge in [-0.1, -0.05) is 6.07 Å². The number of rotatable bonds is 11. The molecule has 156 valence electrons. The van der Waals surface area contributed by atoms with E-state index in [1.165, 1.54) is 7.11 Å². The number of hydrogen-bond donors (Lipinski definition) is 3. The fraction of sp³-hybridized carbons (Fsp3) is 0.333. The Bertz CT molecular complexity index is 826. The molecule has 3 N–H and O–H groups in total. The van der Waals surface area contributed by atoms with E-state index in [4.69, 9.17) is 14.2 Å². The molecular formula is C21H27N3O5. The number of hydrogen-bond acceptors (Lipinski definition) is 6. The molecule has 0 aliphatic carbocycles. The molecule has 2 aromatic carbocycles. The van der Waals surface area contributed by atoms with Gasteiger partial charge < -0.3 is 30.2 Å². The molecule has 0 heterocycles. The number of nitrogens with one attached hydrogen (secondary N) is 3. The van der Waals surface area contributed by atoms with Gasteiger partial charge in [-0.3, -0.25) is 9.59 Å². The van der Waals surface area contributed by atoms with E-state index in [-0.39, 0.29) is 25.0 Å². The highest BCUT2D eigenvalue weighted by Gasteiger charge is 2.09. The van der Waals surface area contributed by atoms with Crippen molar-refractivity contribution in [2.75, 3.05) is 49.4 Å². The molecule has 2 aromatic rings. The first kappa shape index (κ1) is 22.0. The van der Waals surface area contributed by atoms with Crippen molar-refractivity contribution in [1.82, 2.24) is 0 Å². The Morgan fingerprint density at radius 3 is 2.21 bits per heavy atom. The molecule has 8 nitrogen and oxygen atoms in total. The molecule has 8 heteroatoms. The molecule has 0 fully saturated rings. The standard InChI is InChI=1S/C21H27N3O5/c1-4-28-18-10-9-17(12-19(18)29-5-2)23-20(25)13-22-15-7-6-8-16(11-15)24-21(26)14-27-3/h6-12,22H,4-5,13-14H2,1-3H3,(H,23,25)(H,24,26). The van der Waals surface area contributed by atoms with Crippen molar-refractivity contribution in [2.45, 2.75) is 13.8 Å². The summed E-state index contributed by atoms with van der Waals surface area (Å²) in [6, 6.07) is 12.4. The quantitative estimate of drug-likeness (QED) is 0.535. The lowest BCUT2D eigenvalue weighted by molar-refractivity contribution is -0.119.